The minimum absolute atomic E-state index is 0.0396. The first kappa shape index (κ1) is 32.1. The lowest BCUT2D eigenvalue weighted by molar-refractivity contribution is -0.245. The van der Waals surface area contributed by atoms with E-state index in [9.17, 15) is 19.8 Å². The van der Waals surface area contributed by atoms with E-state index >= 15 is 0 Å². The molecule has 0 aliphatic carbocycles. The molecule has 1 fully saturated rings. The number of aromatic nitrogens is 2. The van der Waals surface area contributed by atoms with Crippen molar-refractivity contribution in [2.24, 2.45) is 0 Å². The van der Waals surface area contributed by atoms with Gasteiger partial charge >= 0.3 is 5.97 Å². The summed E-state index contributed by atoms with van der Waals surface area (Å²) in [4.78, 5) is 32.5. The fourth-order valence-corrected chi connectivity index (χ4v) is 6.34. The van der Waals surface area contributed by atoms with Crippen molar-refractivity contribution in [2.75, 3.05) is 5.75 Å². The number of carbonyl (C=O) groups is 2. The van der Waals surface area contributed by atoms with Crippen LogP contribution < -0.4 is 5.32 Å². The molecule has 9 nitrogen and oxygen atoms in total. The predicted molar refractivity (Wildman–Crippen MR) is 178 cm³/mol. The van der Waals surface area contributed by atoms with Crippen LogP contribution in [0.5, 0.6) is 0 Å². The third kappa shape index (κ3) is 8.11. The summed E-state index contributed by atoms with van der Waals surface area (Å²) in [6, 6.07) is 30.3. The average molecular weight is 648 g/mol. The lowest BCUT2D eigenvalue weighted by Crippen LogP contribution is -2.31. The maximum atomic E-state index is 12.5. The SMILES string of the molecule is O=C(NCc1cccc(-c2ccc([C@@H]3O[C@H](CSc4ncccc4C(=O)O)C[C@H](c4ccc(CO)cc4)O3)cc2)c1)c1cccnc1. The first-order valence-corrected chi connectivity index (χ1v) is 16.1. The van der Waals surface area contributed by atoms with E-state index in [1.54, 1.807) is 42.9 Å². The fourth-order valence-electron chi connectivity index (χ4n) is 5.34. The van der Waals surface area contributed by atoms with Gasteiger partial charge in [-0.3, -0.25) is 9.78 Å². The Bertz CT molecular complexity index is 1820. The number of aromatic carboxylic acids is 1. The maximum Gasteiger partial charge on any atom is 0.338 e. The van der Waals surface area contributed by atoms with Crippen LogP contribution in [0.3, 0.4) is 0 Å². The molecule has 3 N–H and O–H groups in total. The van der Waals surface area contributed by atoms with Gasteiger partial charge in [0.05, 0.1) is 29.9 Å². The van der Waals surface area contributed by atoms with Crippen LogP contribution in [0.15, 0.2) is 121 Å². The Balaban J connectivity index is 1.17. The second-order valence-electron chi connectivity index (χ2n) is 11.1. The molecule has 5 aromatic rings. The van der Waals surface area contributed by atoms with Gasteiger partial charge in [-0.05, 0) is 58.1 Å². The second kappa shape index (κ2) is 15.1. The summed E-state index contributed by atoms with van der Waals surface area (Å²) in [5, 5.41) is 22.5. The molecule has 47 heavy (non-hydrogen) atoms. The number of carbonyl (C=O) groups excluding carboxylic acids is 1. The molecule has 3 heterocycles. The van der Waals surface area contributed by atoms with E-state index in [4.69, 9.17) is 9.47 Å². The zero-order valence-corrected chi connectivity index (χ0v) is 26.2. The van der Waals surface area contributed by atoms with Crippen molar-refractivity contribution < 1.29 is 29.3 Å². The van der Waals surface area contributed by atoms with Crippen molar-refractivity contribution >= 4 is 23.6 Å². The highest BCUT2D eigenvalue weighted by Gasteiger charge is 2.32. The highest BCUT2D eigenvalue weighted by molar-refractivity contribution is 7.99. The number of hydrogen-bond acceptors (Lipinski definition) is 8. The van der Waals surface area contributed by atoms with Gasteiger partial charge < -0.3 is 25.0 Å². The number of hydrogen-bond donors (Lipinski definition) is 3. The molecule has 1 aliphatic heterocycles. The maximum absolute atomic E-state index is 12.5. The highest BCUT2D eigenvalue weighted by atomic mass is 32.2. The molecule has 0 unspecified atom stereocenters. The molecule has 0 spiro atoms. The predicted octanol–water partition coefficient (Wildman–Crippen LogP) is 6.60. The van der Waals surface area contributed by atoms with E-state index in [0.717, 1.165) is 33.4 Å². The van der Waals surface area contributed by atoms with Gasteiger partial charge in [0.1, 0.15) is 5.03 Å². The number of thioether (sulfide) groups is 1. The summed E-state index contributed by atoms with van der Waals surface area (Å²) in [6.07, 6.45) is 4.16. The molecule has 1 amide bonds. The van der Waals surface area contributed by atoms with Crippen LogP contribution >= 0.6 is 11.8 Å². The number of aliphatic hydroxyl groups is 1. The van der Waals surface area contributed by atoms with Gasteiger partial charge in [0.15, 0.2) is 6.29 Å². The molecular formula is C37H33N3O6S. The number of benzene rings is 3. The van der Waals surface area contributed by atoms with Gasteiger partial charge in [0, 0.05) is 42.9 Å². The number of nitrogens with one attached hydrogen (secondary N) is 1. The Morgan fingerprint density at radius 2 is 1.64 bits per heavy atom. The number of ether oxygens (including phenoxy) is 2. The average Bonchev–Trinajstić information content (AvgIpc) is 3.13. The Morgan fingerprint density at radius 1 is 0.851 bits per heavy atom. The summed E-state index contributed by atoms with van der Waals surface area (Å²) >= 11 is 1.35. The summed E-state index contributed by atoms with van der Waals surface area (Å²) in [7, 11) is 0. The van der Waals surface area contributed by atoms with E-state index in [1.165, 1.54) is 11.8 Å². The van der Waals surface area contributed by atoms with Crippen LogP contribution in [0.25, 0.3) is 11.1 Å². The van der Waals surface area contributed by atoms with Crippen molar-refractivity contribution in [3.05, 3.63) is 149 Å². The number of pyridine rings is 2. The van der Waals surface area contributed by atoms with Gasteiger partial charge in [0.25, 0.3) is 5.91 Å². The molecule has 1 saturated heterocycles. The number of aliphatic hydroxyl groups excluding tert-OH is 1. The molecule has 0 bridgehead atoms. The zero-order valence-electron chi connectivity index (χ0n) is 25.4. The molecular weight excluding hydrogens is 614 g/mol. The molecule has 2 aromatic heterocycles. The Kier molecular flexibility index (Phi) is 10.3. The first-order chi connectivity index (χ1) is 23.0. The molecule has 3 atom stereocenters. The summed E-state index contributed by atoms with van der Waals surface area (Å²) in [5.74, 6) is -0.708. The van der Waals surface area contributed by atoms with Crippen molar-refractivity contribution in [1.29, 1.82) is 0 Å². The van der Waals surface area contributed by atoms with Crippen molar-refractivity contribution in [2.45, 2.75) is 43.1 Å². The standard InChI is InChI=1S/C37H33N3O6S/c41-22-24-8-10-27(11-9-24)33-19-31(23-47-35-32(36(43)44)7-3-17-39-35)45-37(46-33)28-14-12-26(13-15-28)29-5-1-4-25(18-29)20-40-34(42)30-6-2-16-38-21-30/h1-18,21,31,33,37,41H,19-20,22-23H2,(H,40,42)(H,43,44)/t31-,33+,37+/m0/s1. The molecule has 1 aliphatic rings. The molecule has 3 aromatic carbocycles. The molecule has 6 rings (SSSR count). The smallest absolute Gasteiger partial charge is 0.338 e. The normalized spacial score (nSPS) is 17.6. The Labute approximate surface area is 276 Å². The molecule has 10 heteroatoms. The minimum atomic E-state index is -1.02. The number of nitrogens with zero attached hydrogens (tertiary/aromatic N) is 2. The van der Waals surface area contributed by atoms with Crippen molar-refractivity contribution in [3.8, 4) is 11.1 Å². The topological polar surface area (TPSA) is 131 Å². The minimum Gasteiger partial charge on any atom is -0.478 e. The van der Waals surface area contributed by atoms with E-state index < -0.39 is 12.3 Å². The summed E-state index contributed by atoms with van der Waals surface area (Å²) in [6.45, 7) is 0.345. The molecule has 238 valence electrons. The zero-order chi connectivity index (χ0) is 32.6. The van der Waals surface area contributed by atoms with Crippen LogP contribution in [-0.2, 0) is 22.6 Å². The lowest BCUT2D eigenvalue weighted by Gasteiger charge is -2.36. The van der Waals surface area contributed by atoms with Crippen LogP contribution in [0, 0.1) is 0 Å². The van der Waals surface area contributed by atoms with Gasteiger partial charge in [-0.2, -0.15) is 0 Å². The van der Waals surface area contributed by atoms with Crippen molar-refractivity contribution in [3.63, 3.8) is 0 Å². The van der Waals surface area contributed by atoms with Gasteiger partial charge in [-0.1, -0.05) is 66.7 Å². The Morgan fingerprint density at radius 3 is 2.38 bits per heavy atom. The fraction of sp³-hybridized carbons (Fsp3) is 0.189. The van der Waals surface area contributed by atoms with Crippen molar-refractivity contribution in [1.82, 2.24) is 15.3 Å². The van der Waals surface area contributed by atoms with Gasteiger partial charge in [-0.25, -0.2) is 9.78 Å². The van der Waals surface area contributed by atoms with Crippen LogP contribution in [-0.4, -0.2) is 43.9 Å². The van der Waals surface area contributed by atoms with E-state index in [2.05, 4.69) is 21.4 Å². The molecule has 0 radical (unpaired) electrons. The Hall–Kier alpha value is -4.87. The largest absolute Gasteiger partial charge is 0.478 e. The number of carboxylic acids is 1. The second-order valence-corrected chi connectivity index (χ2v) is 12.1. The van der Waals surface area contributed by atoms with Crippen LogP contribution in [0.2, 0.25) is 0 Å². The number of carboxylic acid groups (broad SMARTS) is 1. The van der Waals surface area contributed by atoms with Crippen LogP contribution in [0.1, 0.15) is 61.8 Å². The van der Waals surface area contributed by atoms with E-state index in [-0.39, 0.29) is 30.3 Å². The first-order valence-electron chi connectivity index (χ1n) is 15.2. The lowest BCUT2D eigenvalue weighted by atomic mass is 9.99. The number of amides is 1. The summed E-state index contributed by atoms with van der Waals surface area (Å²) in [5.41, 5.74) is 6.29. The quantitative estimate of drug-likeness (QED) is 0.136. The van der Waals surface area contributed by atoms with Gasteiger partial charge in [0.2, 0.25) is 0 Å². The highest BCUT2D eigenvalue weighted by Crippen LogP contribution is 2.40. The monoisotopic (exact) mass is 647 g/mol. The number of rotatable bonds is 11. The van der Waals surface area contributed by atoms with E-state index in [0.29, 0.717) is 29.3 Å². The third-order valence-corrected chi connectivity index (χ3v) is 8.98. The van der Waals surface area contributed by atoms with Crippen LogP contribution in [0.4, 0.5) is 0 Å². The third-order valence-electron chi connectivity index (χ3n) is 7.84. The summed E-state index contributed by atoms with van der Waals surface area (Å²) < 4.78 is 12.9. The van der Waals surface area contributed by atoms with Gasteiger partial charge in [-0.15, -0.1) is 11.8 Å². The molecule has 0 saturated carbocycles. The van der Waals surface area contributed by atoms with E-state index in [1.807, 2.05) is 66.7 Å².